The summed E-state index contributed by atoms with van der Waals surface area (Å²) >= 11 is 3.55. The highest BCUT2D eigenvalue weighted by atomic mass is 79.9. The van der Waals surface area contributed by atoms with Gasteiger partial charge in [-0.15, -0.1) is 0 Å². The Morgan fingerprint density at radius 1 is 1.47 bits per heavy atom. The first kappa shape index (κ1) is 10.7. The fourth-order valence-corrected chi connectivity index (χ4v) is 2.60. The molecule has 0 bridgehead atoms. The van der Waals surface area contributed by atoms with Crippen LogP contribution in [0.4, 0.5) is 11.4 Å². The summed E-state index contributed by atoms with van der Waals surface area (Å²) in [4.78, 5) is 6.20. The molecule has 0 atom stereocenters. The Balaban J connectivity index is 2.02. The molecule has 1 aromatic rings. The fourth-order valence-electron chi connectivity index (χ4n) is 2.06. The van der Waals surface area contributed by atoms with Crippen molar-refractivity contribution in [1.82, 2.24) is 0 Å². The number of hydrogen-bond donors (Lipinski definition) is 2. The van der Waals surface area contributed by atoms with E-state index in [4.69, 9.17) is 10.5 Å². The summed E-state index contributed by atoms with van der Waals surface area (Å²) in [5.74, 6) is 1.45. The van der Waals surface area contributed by atoms with Crippen LogP contribution in [-0.4, -0.2) is 32.2 Å². The van der Waals surface area contributed by atoms with E-state index in [2.05, 4.69) is 26.2 Å². The molecule has 3 rings (SSSR count). The van der Waals surface area contributed by atoms with Gasteiger partial charge in [-0.05, 0) is 28.1 Å². The zero-order valence-corrected chi connectivity index (χ0v) is 10.8. The summed E-state index contributed by atoms with van der Waals surface area (Å²) < 4.78 is 6.55. The minimum atomic E-state index is 0.572. The molecule has 2 aliphatic rings. The summed E-state index contributed by atoms with van der Waals surface area (Å²) in [6.45, 7) is 3.10. The van der Waals surface area contributed by atoms with Crippen molar-refractivity contribution >= 4 is 33.3 Å². The lowest BCUT2D eigenvalue weighted by Gasteiger charge is -2.24. The minimum absolute atomic E-state index is 0.572. The second-order valence-corrected chi connectivity index (χ2v) is 4.82. The van der Waals surface area contributed by atoms with Crippen LogP contribution in [0, 0.1) is 0 Å². The van der Waals surface area contributed by atoms with E-state index in [1.807, 2.05) is 17.0 Å². The molecule has 0 fully saturated rings. The maximum absolute atomic E-state index is 5.86. The zero-order valence-electron chi connectivity index (χ0n) is 9.24. The third kappa shape index (κ3) is 1.82. The van der Waals surface area contributed by atoms with Gasteiger partial charge >= 0.3 is 0 Å². The Bertz CT molecular complexity index is 489. The number of anilines is 2. The van der Waals surface area contributed by atoms with Gasteiger partial charge in [-0.3, -0.25) is 4.99 Å². The van der Waals surface area contributed by atoms with Crippen LogP contribution in [0.3, 0.4) is 0 Å². The van der Waals surface area contributed by atoms with E-state index in [1.54, 1.807) is 0 Å². The van der Waals surface area contributed by atoms with Crippen LogP contribution in [-0.2, 0) is 0 Å². The first-order valence-electron chi connectivity index (χ1n) is 5.53. The third-order valence-corrected chi connectivity index (χ3v) is 3.52. The molecule has 3 N–H and O–H groups in total. The first-order valence-corrected chi connectivity index (χ1v) is 6.32. The molecule has 5 nitrogen and oxygen atoms in total. The average molecular weight is 297 g/mol. The Kier molecular flexibility index (Phi) is 2.58. The van der Waals surface area contributed by atoms with E-state index >= 15 is 0 Å². The number of hydrogen-bond acceptors (Lipinski definition) is 5. The Labute approximate surface area is 108 Å². The van der Waals surface area contributed by atoms with Crippen molar-refractivity contribution in [3.05, 3.63) is 16.6 Å². The number of halogens is 1. The number of fused-ring (bicyclic) bond motifs is 1. The monoisotopic (exact) mass is 296 g/mol. The largest absolute Gasteiger partial charge is 0.490 e. The van der Waals surface area contributed by atoms with Gasteiger partial charge in [0.15, 0.2) is 5.96 Å². The van der Waals surface area contributed by atoms with Crippen molar-refractivity contribution in [2.24, 2.45) is 10.7 Å². The van der Waals surface area contributed by atoms with Gasteiger partial charge in [0, 0.05) is 17.6 Å². The quantitative estimate of drug-likeness (QED) is 0.822. The second-order valence-electron chi connectivity index (χ2n) is 3.97. The van der Waals surface area contributed by atoms with Gasteiger partial charge in [-0.2, -0.15) is 0 Å². The van der Waals surface area contributed by atoms with Crippen molar-refractivity contribution in [2.45, 2.75) is 0 Å². The molecule has 6 heteroatoms. The molecule has 2 aliphatic heterocycles. The van der Waals surface area contributed by atoms with Gasteiger partial charge in [0.1, 0.15) is 12.4 Å². The highest BCUT2D eigenvalue weighted by Gasteiger charge is 2.21. The van der Waals surface area contributed by atoms with Crippen LogP contribution in [0.2, 0.25) is 0 Å². The molecule has 0 amide bonds. The van der Waals surface area contributed by atoms with Gasteiger partial charge in [-0.25, -0.2) is 0 Å². The first-order chi connectivity index (χ1) is 8.25. The van der Waals surface area contributed by atoms with Gasteiger partial charge in [-0.1, -0.05) is 0 Å². The molecule has 0 radical (unpaired) electrons. The van der Waals surface area contributed by atoms with Crippen molar-refractivity contribution in [2.75, 3.05) is 36.5 Å². The smallest absolute Gasteiger partial charge is 0.195 e. The van der Waals surface area contributed by atoms with E-state index in [0.29, 0.717) is 12.6 Å². The van der Waals surface area contributed by atoms with Gasteiger partial charge in [0.2, 0.25) is 0 Å². The molecule has 0 aromatic heterocycles. The predicted octanol–water partition coefficient (Wildman–Crippen LogP) is 1.39. The number of benzene rings is 1. The summed E-state index contributed by atoms with van der Waals surface area (Å²) in [5, 5.41) is 3.32. The highest BCUT2D eigenvalue weighted by molar-refractivity contribution is 9.10. The van der Waals surface area contributed by atoms with Gasteiger partial charge in [0.05, 0.1) is 17.9 Å². The zero-order chi connectivity index (χ0) is 11.8. The summed E-state index contributed by atoms with van der Waals surface area (Å²) in [6.07, 6.45) is 0. The molecule has 1 aromatic carbocycles. The van der Waals surface area contributed by atoms with Crippen LogP contribution in [0.1, 0.15) is 0 Å². The molecular formula is C11H13BrN4O. The Hall–Kier alpha value is -1.43. The van der Waals surface area contributed by atoms with Crippen LogP contribution >= 0.6 is 15.9 Å². The normalized spacial score (nSPS) is 18.2. The number of rotatable bonds is 1. The second kappa shape index (κ2) is 4.10. The Morgan fingerprint density at radius 2 is 2.35 bits per heavy atom. The van der Waals surface area contributed by atoms with Crippen LogP contribution in [0.25, 0.3) is 0 Å². The molecule has 90 valence electrons. The SMILES string of the molecule is NC1=NCCN1c1cc2c(cc1Br)OCCN2. The molecule has 2 heterocycles. The standard InChI is InChI=1S/C11H13BrN4O/c12-7-5-10-8(14-2-4-17-10)6-9(7)16-3-1-15-11(16)13/h5-6,14H,1-4H2,(H2,13,15). The number of ether oxygens (including phenoxy) is 1. The summed E-state index contributed by atoms with van der Waals surface area (Å²) in [6, 6.07) is 4.02. The number of nitrogens with zero attached hydrogens (tertiary/aromatic N) is 2. The molecule has 0 unspecified atom stereocenters. The lowest BCUT2D eigenvalue weighted by Crippen LogP contribution is -2.34. The lowest BCUT2D eigenvalue weighted by molar-refractivity contribution is 0.323. The van der Waals surface area contributed by atoms with Crippen molar-refractivity contribution in [1.29, 1.82) is 0 Å². The van der Waals surface area contributed by atoms with E-state index in [-0.39, 0.29) is 0 Å². The van der Waals surface area contributed by atoms with Crippen molar-refractivity contribution < 1.29 is 4.74 Å². The lowest BCUT2D eigenvalue weighted by atomic mass is 10.2. The number of nitrogens with two attached hydrogens (primary N) is 1. The number of aliphatic imine (C=N–C) groups is 1. The maximum Gasteiger partial charge on any atom is 0.195 e. The summed E-state index contributed by atoms with van der Waals surface area (Å²) in [7, 11) is 0. The molecule has 0 aliphatic carbocycles. The van der Waals surface area contributed by atoms with E-state index in [1.165, 1.54) is 0 Å². The van der Waals surface area contributed by atoms with Crippen LogP contribution < -0.4 is 20.7 Å². The van der Waals surface area contributed by atoms with Crippen molar-refractivity contribution in [3.63, 3.8) is 0 Å². The number of guanidine groups is 1. The maximum atomic E-state index is 5.86. The number of nitrogens with one attached hydrogen (secondary N) is 1. The van der Waals surface area contributed by atoms with E-state index < -0.39 is 0 Å². The highest BCUT2D eigenvalue weighted by Crippen LogP contribution is 2.38. The molecular weight excluding hydrogens is 284 g/mol. The van der Waals surface area contributed by atoms with Crippen LogP contribution in [0.15, 0.2) is 21.6 Å². The predicted molar refractivity (Wildman–Crippen MR) is 72.0 cm³/mol. The molecule has 0 spiro atoms. The molecule has 17 heavy (non-hydrogen) atoms. The van der Waals surface area contributed by atoms with Gasteiger partial charge < -0.3 is 20.7 Å². The van der Waals surface area contributed by atoms with E-state index in [0.717, 1.165) is 41.2 Å². The van der Waals surface area contributed by atoms with Crippen LogP contribution in [0.5, 0.6) is 5.75 Å². The van der Waals surface area contributed by atoms with Crippen molar-refractivity contribution in [3.8, 4) is 5.75 Å². The topological polar surface area (TPSA) is 62.9 Å². The third-order valence-electron chi connectivity index (χ3n) is 2.89. The summed E-state index contributed by atoms with van der Waals surface area (Å²) in [5.41, 5.74) is 7.90. The molecule has 0 saturated carbocycles. The van der Waals surface area contributed by atoms with E-state index in [9.17, 15) is 0 Å². The minimum Gasteiger partial charge on any atom is -0.490 e. The Morgan fingerprint density at radius 3 is 3.12 bits per heavy atom. The molecule has 0 saturated heterocycles. The average Bonchev–Trinajstić information content (AvgIpc) is 2.74. The fraction of sp³-hybridized carbons (Fsp3) is 0.364. The van der Waals surface area contributed by atoms with Gasteiger partial charge in [0.25, 0.3) is 0 Å².